The van der Waals surface area contributed by atoms with Crippen LogP contribution in [-0.2, 0) is 9.59 Å². The molecule has 3 heterocycles. The zero-order valence-electron chi connectivity index (χ0n) is 18.6. The van der Waals surface area contributed by atoms with Crippen molar-refractivity contribution in [1.29, 1.82) is 0 Å². The predicted molar refractivity (Wildman–Crippen MR) is 127 cm³/mol. The van der Waals surface area contributed by atoms with E-state index in [2.05, 4.69) is 9.88 Å². The maximum atomic E-state index is 13.6. The average Bonchev–Trinajstić information content (AvgIpc) is 3.15. The van der Waals surface area contributed by atoms with Gasteiger partial charge in [-0.1, -0.05) is 18.2 Å². The summed E-state index contributed by atoms with van der Waals surface area (Å²) in [6, 6.07) is 18.2. The molecule has 8 heteroatoms. The number of anilines is 2. The van der Waals surface area contributed by atoms with Crippen molar-refractivity contribution in [2.75, 3.05) is 43.1 Å². The van der Waals surface area contributed by atoms with Gasteiger partial charge in [-0.15, -0.1) is 0 Å². The first-order chi connectivity index (χ1) is 16.6. The fraction of sp³-hybridized carbons (Fsp3) is 0.192. The highest BCUT2D eigenvalue weighted by Gasteiger charge is 2.43. The van der Waals surface area contributed by atoms with Gasteiger partial charge in [0.1, 0.15) is 23.1 Å². The minimum absolute atomic E-state index is 0.284. The minimum atomic E-state index is -0.427. The molecule has 2 aliphatic heterocycles. The zero-order valence-corrected chi connectivity index (χ0v) is 18.6. The number of aromatic nitrogens is 1. The van der Waals surface area contributed by atoms with E-state index in [1.54, 1.807) is 37.6 Å². The molecule has 2 amide bonds. The number of carbonyl (C=O) groups excluding carboxylic acids is 2. The van der Waals surface area contributed by atoms with Crippen molar-refractivity contribution in [3.05, 3.63) is 90.0 Å². The van der Waals surface area contributed by atoms with Gasteiger partial charge in [-0.05, 0) is 54.1 Å². The lowest BCUT2D eigenvalue weighted by atomic mass is 10.0. The molecular formula is C26H23FN4O3. The van der Waals surface area contributed by atoms with Gasteiger partial charge in [-0.3, -0.25) is 9.59 Å². The van der Waals surface area contributed by atoms with Crippen molar-refractivity contribution in [2.45, 2.75) is 0 Å². The molecule has 2 aliphatic rings. The fourth-order valence-corrected chi connectivity index (χ4v) is 4.35. The summed E-state index contributed by atoms with van der Waals surface area (Å²) >= 11 is 0. The Morgan fingerprint density at radius 2 is 1.50 bits per heavy atom. The van der Waals surface area contributed by atoms with Crippen LogP contribution in [0.15, 0.2) is 78.6 Å². The van der Waals surface area contributed by atoms with E-state index in [9.17, 15) is 14.0 Å². The monoisotopic (exact) mass is 458 g/mol. The lowest BCUT2D eigenvalue weighted by Crippen LogP contribution is -2.48. The van der Waals surface area contributed by atoms with E-state index in [-0.39, 0.29) is 11.5 Å². The van der Waals surface area contributed by atoms with Gasteiger partial charge in [0, 0.05) is 32.4 Å². The van der Waals surface area contributed by atoms with Crippen LogP contribution in [0.1, 0.15) is 5.56 Å². The Bertz CT molecular complexity index is 1240. The van der Waals surface area contributed by atoms with Gasteiger partial charge in [0.05, 0.1) is 18.4 Å². The number of hydrogen-bond donors (Lipinski definition) is 0. The molecule has 7 nitrogen and oxygen atoms in total. The van der Waals surface area contributed by atoms with E-state index in [1.165, 1.54) is 29.2 Å². The topological polar surface area (TPSA) is 66.0 Å². The Labute approximate surface area is 196 Å². The Balaban J connectivity index is 1.49. The standard InChI is InChI=1S/C26H23FN4O3/c1-34-21-11-9-20(10-12-21)31-25(32)23(18-5-7-19(27)8-6-18)24(26(31)33)30-16-14-29(15-17-30)22-4-2-3-13-28-22/h2-13H,14-17H2,1H3. The molecule has 0 bridgehead atoms. The van der Waals surface area contributed by atoms with Crippen molar-refractivity contribution in [1.82, 2.24) is 9.88 Å². The van der Waals surface area contributed by atoms with E-state index in [1.807, 2.05) is 23.1 Å². The highest BCUT2D eigenvalue weighted by Crippen LogP contribution is 2.36. The van der Waals surface area contributed by atoms with Crippen LogP contribution in [0.4, 0.5) is 15.9 Å². The third-order valence-electron chi connectivity index (χ3n) is 6.09. The van der Waals surface area contributed by atoms with Crippen LogP contribution >= 0.6 is 0 Å². The molecule has 1 saturated heterocycles. The number of nitrogens with zero attached hydrogens (tertiary/aromatic N) is 4. The van der Waals surface area contributed by atoms with Crippen LogP contribution in [0.5, 0.6) is 5.75 Å². The largest absolute Gasteiger partial charge is 0.497 e. The molecule has 1 aromatic heterocycles. The fourth-order valence-electron chi connectivity index (χ4n) is 4.35. The quantitative estimate of drug-likeness (QED) is 0.547. The summed E-state index contributed by atoms with van der Waals surface area (Å²) in [6.07, 6.45) is 1.75. The van der Waals surface area contributed by atoms with Crippen LogP contribution in [0.2, 0.25) is 0 Å². The third kappa shape index (κ3) is 3.87. The molecule has 0 radical (unpaired) electrons. The van der Waals surface area contributed by atoms with E-state index in [0.717, 1.165) is 5.82 Å². The zero-order chi connectivity index (χ0) is 23.7. The SMILES string of the molecule is COc1ccc(N2C(=O)C(c3ccc(F)cc3)=C(N3CCN(c4ccccn4)CC3)C2=O)cc1. The number of piperazine rings is 1. The van der Waals surface area contributed by atoms with E-state index < -0.39 is 11.7 Å². The second-order valence-corrected chi connectivity index (χ2v) is 8.04. The number of benzene rings is 2. The smallest absolute Gasteiger partial charge is 0.282 e. The third-order valence-corrected chi connectivity index (χ3v) is 6.09. The summed E-state index contributed by atoms with van der Waals surface area (Å²) in [7, 11) is 1.55. The summed E-state index contributed by atoms with van der Waals surface area (Å²) < 4.78 is 18.8. The summed E-state index contributed by atoms with van der Waals surface area (Å²) in [6.45, 7) is 2.40. The van der Waals surface area contributed by atoms with E-state index in [0.29, 0.717) is 48.9 Å². The lowest BCUT2D eigenvalue weighted by Gasteiger charge is -2.37. The first-order valence-corrected chi connectivity index (χ1v) is 11.0. The number of carbonyl (C=O) groups is 2. The van der Waals surface area contributed by atoms with E-state index in [4.69, 9.17) is 4.74 Å². The van der Waals surface area contributed by atoms with Gasteiger partial charge in [-0.25, -0.2) is 14.3 Å². The van der Waals surface area contributed by atoms with Crippen molar-refractivity contribution in [3.8, 4) is 5.75 Å². The molecule has 0 spiro atoms. The number of imide groups is 1. The number of methoxy groups -OCH3 is 1. The van der Waals surface area contributed by atoms with Crippen molar-refractivity contribution < 1.29 is 18.7 Å². The maximum absolute atomic E-state index is 13.6. The highest BCUT2D eigenvalue weighted by molar-refractivity contribution is 6.45. The molecule has 1 fully saturated rings. The van der Waals surface area contributed by atoms with Crippen LogP contribution in [0.3, 0.4) is 0 Å². The molecule has 0 aliphatic carbocycles. The van der Waals surface area contributed by atoms with Gasteiger partial charge in [0.2, 0.25) is 0 Å². The second kappa shape index (κ2) is 8.97. The second-order valence-electron chi connectivity index (χ2n) is 8.04. The van der Waals surface area contributed by atoms with Crippen molar-refractivity contribution in [3.63, 3.8) is 0 Å². The first kappa shape index (κ1) is 21.6. The van der Waals surface area contributed by atoms with Crippen molar-refractivity contribution >= 4 is 28.9 Å². The predicted octanol–water partition coefficient (Wildman–Crippen LogP) is 3.34. The Morgan fingerprint density at radius 3 is 2.12 bits per heavy atom. The molecule has 5 rings (SSSR count). The Morgan fingerprint density at radius 1 is 0.824 bits per heavy atom. The highest BCUT2D eigenvalue weighted by atomic mass is 19.1. The summed E-state index contributed by atoms with van der Waals surface area (Å²) in [5.41, 5.74) is 1.59. The Hall–Kier alpha value is -4.20. The molecule has 2 aromatic carbocycles. The maximum Gasteiger partial charge on any atom is 0.282 e. The average molecular weight is 458 g/mol. The number of halogens is 1. The summed E-state index contributed by atoms with van der Waals surface area (Å²) in [4.78, 5) is 36.9. The van der Waals surface area contributed by atoms with Gasteiger partial charge < -0.3 is 14.5 Å². The van der Waals surface area contributed by atoms with Crippen LogP contribution < -0.4 is 14.5 Å². The molecule has 0 N–H and O–H groups in total. The number of rotatable bonds is 5. The summed E-state index contributed by atoms with van der Waals surface area (Å²) in [5.74, 6) is 0.285. The molecule has 0 unspecified atom stereocenters. The minimum Gasteiger partial charge on any atom is -0.497 e. The Kier molecular flexibility index (Phi) is 5.71. The van der Waals surface area contributed by atoms with Gasteiger partial charge >= 0.3 is 0 Å². The molecule has 0 saturated carbocycles. The van der Waals surface area contributed by atoms with Gasteiger partial charge in [-0.2, -0.15) is 0 Å². The van der Waals surface area contributed by atoms with Crippen molar-refractivity contribution in [2.24, 2.45) is 0 Å². The number of hydrogen-bond acceptors (Lipinski definition) is 6. The van der Waals surface area contributed by atoms with Gasteiger partial charge in [0.25, 0.3) is 11.8 Å². The molecule has 34 heavy (non-hydrogen) atoms. The number of ether oxygens (including phenoxy) is 1. The van der Waals surface area contributed by atoms with Crippen LogP contribution in [0.25, 0.3) is 5.57 Å². The van der Waals surface area contributed by atoms with Crippen LogP contribution in [0, 0.1) is 5.82 Å². The summed E-state index contributed by atoms with van der Waals surface area (Å²) in [5, 5.41) is 0. The normalized spacial score (nSPS) is 16.5. The first-order valence-electron chi connectivity index (χ1n) is 11.0. The van der Waals surface area contributed by atoms with Gasteiger partial charge in [0.15, 0.2) is 0 Å². The molecular weight excluding hydrogens is 435 g/mol. The van der Waals surface area contributed by atoms with E-state index >= 15 is 0 Å². The molecule has 172 valence electrons. The number of pyridine rings is 1. The number of amides is 2. The van der Waals surface area contributed by atoms with Crippen LogP contribution in [-0.4, -0.2) is 55.0 Å². The molecule has 3 aromatic rings. The molecule has 0 atom stereocenters. The lowest BCUT2D eigenvalue weighted by molar-refractivity contribution is -0.120.